The van der Waals surface area contributed by atoms with Gasteiger partial charge in [-0.15, -0.1) is 0 Å². The van der Waals surface area contributed by atoms with Crippen LogP contribution in [0.4, 0.5) is 11.4 Å². The molecule has 1 aliphatic rings. The predicted molar refractivity (Wildman–Crippen MR) is 89.1 cm³/mol. The molecule has 0 radical (unpaired) electrons. The van der Waals surface area contributed by atoms with E-state index in [0.717, 1.165) is 11.4 Å². The van der Waals surface area contributed by atoms with Gasteiger partial charge >= 0.3 is 0 Å². The zero-order valence-electron chi connectivity index (χ0n) is 12.6. The van der Waals surface area contributed by atoms with Crippen molar-refractivity contribution in [3.05, 3.63) is 54.4 Å². The fourth-order valence-electron chi connectivity index (χ4n) is 2.81. The van der Waals surface area contributed by atoms with Gasteiger partial charge in [0.1, 0.15) is 5.69 Å². The van der Waals surface area contributed by atoms with E-state index in [-0.39, 0.29) is 5.91 Å². The maximum atomic E-state index is 12.1. The van der Waals surface area contributed by atoms with Gasteiger partial charge in [-0.1, -0.05) is 37.5 Å². The van der Waals surface area contributed by atoms with Crippen LogP contribution < -0.4 is 10.6 Å². The monoisotopic (exact) mass is 295 g/mol. The first kappa shape index (κ1) is 14.6. The zero-order valence-corrected chi connectivity index (χ0v) is 12.6. The molecule has 0 bridgehead atoms. The van der Waals surface area contributed by atoms with Gasteiger partial charge in [0.2, 0.25) is 0 Å². The van der Waals surface area contributed by atoms with Gasteiger partial charge < -0.3 is 10.6 Å². The van der Waals surface area contributed by atoms with Crippen molar-refractivity contribution in [3.8, 4) is 0 Å². The molecule has 1 amide bonds. The SMILES string of the molecule is O=C(Nc1ccccc1)c1ccc(NC2CCCCC2)cn1. The predicted octanol–water partition coefficient (Wildman–Crippen LogP) is 4.08. The van der Waals surface area contributed by atoms with E-state index in [9.17, 15) is 4.79 Å². The van der Waals surface area contributed by atoms with Gasteiger partial charge in [0, 0.05) is 11.7 Å². The quantitative estimate of drug-likeness (QED) is 0.893. The lowest BCUT2D eigenvalue weighted by molar-refractivity contribution is 0.102. The average Bonchev–Trinajstić information content (AvgIpc) is 2.57. The van der Waals surface area contributed by atoms with E-state index < -0.39 is 0 Å². The van der Waals surface area contributed by atoms with Gasteiger partial charge in [-0.05, 0) is 37.1 Å². The largest absolute Gasteiger partial charge is 0.381 e. The highest BCUT2D eigenvalue weighted by atomic mass is 16.1. The molecular formula is C18H21N3O. The third kappa shape index (κ3) is 3.85. The summed E-state index contributed by atoms with van der Waals surface area (Å²) in [5.74, 6) is -0.185. The maximum Gasteiger partial charge on any atom is 0.274 e. The normalized spacial score (nSPS) is 15.3. The number of hydrogen-bond acceptors (Lipinski definition) is 3. The molecule has 0 spiro atoms. The van der Waals surface area contributed by atoms with E-state index in [2.05, 4.69) is 15.6 Å². The Morgan fingerprint density at radius 2 is 1.73 bits per heavy atom. The molecule has 1 aromatic heterocycles. The number of rotatable bonds is 4. The number of aromatic nitrogens is 1. The number of carbonyl (C=O) groups excluding carboxylic acids is 1. The molecule has 2 aromatic rings. The van der Waals surface area contributed by atoms with E-state index in [0.29, 0.717) is 11.7 Å². The van der Waals surface area contributed by atoms with Crippen molar-refractivity contribution in [3.63, 3.8) is 0 Å². The molecular weight excluding hydrogens is 274 g/mol. The van der Waals surface area contributed by atoms with Crippen LogP contribution in [0.3, 0.4) is 0 Å². The molecule has 0 atom stereocenters. The summed E-state index contributed by atoms with van der Waals surface area (Å²) < 4.78 is 0. The molecule has 1 aromatic carbocycles. The van der Waals surface area contributed by atoms with Crippen LogP contribution in [0.25, 0.3) is 0 Å². The van der Waals surface area contributed by atoms with Crippen LogP contribution in [-0.4, -0.2) is 16.9 Å². The maximum absolute atomic E-state index is 12.1. The lowest BCUT2D eigenvalue weighted by atomic mass is 9.95. The minimum absolute atomic E-state index is 0.185. The summed E-state index contributed by atoms with van der Waals surface area (Å²) in [7, 11) is 0. The second-order valence-electron chi connectivity index (χ2n) is 5.73. The Kier molecular flexibility index (Phi) is 4.68. The molecule has 1 saturated carbocycles. The fraction of sp³-hybridized carbons (Fsp3) is 0.333. The van der Waals surface area contributed by atoms with Crippen LogP contribution in [0.2, 0.25) is 0 Å². The number of nitrogens with zero attached hydrogens (tertiary/aromatic N) is 1. The number of carbonyl (C=O) groups is 1. The molecule has 1 fully saturated rings. The molecule has 3 rings (SSSR count). The molecule has 2 N–H and O–H groups in total. The summed E-state index contributed by atoms with van der Waals surface area (Å²) in [6, 6.07) is 13.7. The molecule has 0 aliphatic heterocycles. The summed E-state index contributed by atoms with van der Waals surface area (Å²) >= 11 is 0. The highest BCUT2D eigenvalue weighted by molar-refractivity contribution is 6.02. The van der Waals surface area contributed by atoms with Crippen LogP contribution >= 0.6 is 0 Å². The summed E-state index contributed by atoms with van der Waals surface area (Å²) in [6.07, 6.45) is 8.11. The van der Waals surface area contributed by atoms with Gasteiger partial charge in [0.25, 0.3) is 5.91 Å². The molecule has 114 valence electrons. The summed E-state index contributed by atoms with van der Waals surface area (Å²) in [4.78, 5) is 16.4. The Bertz CT molecular complexity index is 604. The Morgan fingerprint density at radius 3 is 2.41 bits per heavy atom. The van der Waals surface area contributed by atoms with E-state index in [4.69, 9.17) is 0 Å². The first-order valence-electron chi connectivity index (χ1n) is 7.90. The van der Waals surface area contributed by atoms with Gasteiger partial charge in [-0.25, -0.2) is 4.98 Å². The second kappa shape index (κ2) is 7.07. The number of nitrogens with one attached hydrogen (secondary N) is 2. The summed E-state index contributed by atoms with van der Waals surface area (Å²) in [5.41, 5.74) is 2.19. The van der Waals surface area contributed by atoms with Crippen LogP contribution in [0.15, 0.2) is 48.7 Å². The second-order valence-corrected chi connectivity index (χ2v) is 5.73. The van der Waals surface area contributed by atoms with E-state index in [1.807, 2.05) is 36.4 Å². The Morgan fingerprint density at radius 1 is 0.955 bits per heavy atom. The standard InChI is InChI=1S/C18H21N3O/c22-18(21-15-9-5-2-6-10-15)17-12-11-16(13-19-17)20-14-7-3-1-4-8-14/h2,5-6,9-14,20H,1,3-4,7-8H2,(H,21,22). The van der Waals surface area contributed by atoms with Gasteiger partial charge in [-0.3, -0.25) is 4.79 Å². The number of hydrogen-bond donors (Lipinski definition) is 2. The minimum Gasteiger partial charge on any atom is -0.381 e. The molecule has 4 heteroatoms. The van der Waals surface area contributed by atoms with Gasteiger partial charge in [-0.2, -0.15) is 0 Å². The van der Waals surface area contributed by atoms with Gasteiger partial charge in [0.15, 0.2) is 0 Å². The van der Waals surface area contributed by atoms with Crippen LogP contribution in [0.1, 0.15) is 42.6 Å². The van der Waals surface area contributed by atoms with Crippen LogP contribution in [0.5, 0.6) is 0 Å². The van der Waals surface area contributed by atoms with Crippen molar-refractivity contribution >= 4 is 17.3 Å². The Hall–Kier alpha value is -2.36. The first-order valence-corrected chi connectivity index (χ1v) is 7.90. The molecule has 1 aliphatic carbocycles. The highest BCUT2D eigenvalue weighted by Crippen LogP contribution is 2.21. The van der Waals surface area contributed by atoms with Crippen molar-refractivity contribution in [1.29, 1.82) is 0 Å². The van der Waals surface area contributed by atoms with E-state index in [1.165, 1.54) is 32.1 Å². The third-order valence-corrected chi connectivity index (χ3v) is 4.00. The highest BCUT2D eigenvalue weighted by Gasteiger charge is 2.13. The Balaban J connectivity index is 1.59. The summed E-state index contributed by atoms with van der Waals surface area (Å²) in [6.45, 7) is 0. The fourth-order valence-corrected chi connectivity index (χ4v) is 2.81. The van der Waals surface area contributed by atoms with Crippen molar-refractivity contribution in [1.82, 2.24) is 4.98 Å². The number of anilines is 2. The zero-order chi connectivity index (χ0) is 15.2. The van der Waals surface area contributed by atoms with E-state index >= 15 is 0 Å². The van der Waals surface area contributed by atoms with E-state index in [1.54, 1.807) is 12.3 Å². The molecule has 22 heavy (non-hydrogen) atoms. The Labute approximate surface area is 131 Å². The topological polar surface area (TPSA) is 54.0 Å². The molecule has 4 nitrogen and oxygen atoms in total. The number of para-hydroxylation sites is 1. The smallest absolute Gasteiger partial charge is 0.274 e. The van der Waals surface area contributed by atoms with Crippen LogP contribution in [0, 0.1) is 0 Å². The minimum atomic E-state index is -0.185. The van der Waals surface area contributed by atoms with Crippen molar-refractivity contribution in [2.45, 2.75) is 38.1 Å². The lowest BCUT2D eigenvalue weighted by Crippen LogP contribution is -2.22. The van der Waals surface area contributed by atoms with Gasteiger partial charge in [0.05, 0.1) is 11.9 Å². The van der Waals surface area contributed by atoms with Crippen LogP contribution in [-0.2, 0) is 0 Å². The molecule has 0 unspecified atom stereocenters. The van der Waals surface area contributed by atoms with Crippen molar-refractivity contribution in [2.24, 2.45) is 0 Å². The lowest BCUT2D eigenvalue weighted by Gasteiger charge is -2.23. The summed E-state index contributed by atoms with van der Waals surface area (Å²) in [5, 5.41) is 6.34. The number of amides is 1. The van der Waals surface area contributed by atoms with Crippen molar-refractivity contribution in [2.75, 3.05) is 10.6 Å². The van der Waals surface area contributed by atoms with Crippen molar-refractivity contribution < 1.29 is 4.79 Å². The number of benzene rings is 1. The number of pyridine rings is 1. The molecule has 0 saturated heterocycles. The molecule has 1 heterocycles. The first-order chi connectivity index (χ1) is 10.8. The third-order valence-electron chi connectivity index (χ3n) is 4.00. The average molecular weight is 295 g/mol.